The van der Waals surface area contributed by atoms with E-state index in [1.165, 1.54) is 8.07 Å². The molecule has 0 bridgehead atoms. The van der Waals surface area contributed by atoms with E-state index in [0.717, 1.165) is 0 Å². The van der Waals surface area contributed by atoms with E-state index in [0.29, 0.717) is 18.0 Å². The fourth-order valence-electron chi connectivity index (χ4n) is 1.02. The molecule has 0 aliphatic rings. The Kier molecular flexibility index (Phi) is 5.06. The number of benzene rings is 2. The summed E-state index contributed by atoms with van der Waals surface area (Å²) in [5.74, 6) is 0. The van der Waals surface area contributed by atoms with E-state index >= 15 is 0 Å². The van der Waals surface area contributed by atoms with E-state index in [9.17, 15) is 0 Å². The fraction of sp³-hybridized carbons (Fsp3) is 0. The van der Waals surface area contributed by atoms with Crippen molar-refractivity contribution in [1.29, 1.82) is 0 Å². The Morgan fingerprint density at radius 3 is 1.29 bits per heavy atom. The predicted molar refractivity (Wildman–Crippen MR) is 63.3 cm³/mol. The predicted octanol–water partition coefficient (Wildman–Crippen LogP) is 1.78. The number of hydrogen-bond donors (Lipinski definition) is 0. The van der Waals surface area contributed by atoms with Gasteiger partial charge in [0.15, 0.2) is 0 Å². The van der Waals surface area contributed by atoms with Crippen molar-refractivity contribution in [3.63, 3.8) is 0 Å². The van der Waals surface area contributed by atoms with Gasteiger partial charge in [0.05, 0.1) is 0 Å². The van der Waals surface area contributed by atoms with Gasteiger partial charge in [0, 0.05) is 0 Å². The fourth-order valence-corrected chi connectivity index (χ4v) is 2.65. The molecule has 2 aromatic rings. The van der Waals surface area contributed by atoms with Gasteiger partial charge in [-0.05, 0) is 0 Å². The van der Waals surface area contributed by atoms with Crippen LogP contribution in [0.4, 0.5) is 0 Å². The molecule has 2 aromatic carbocycles. The molecule has 0 radical (unpaired) electrons. The Balaban J connectivity index is 0.000000980. The molecule has 0 heterocycles. The van der Waals surface area contributed by atoms with Crippen LogP contribution in [0.1, 0.15) is 0 Å². The van der Waals surface area contributed by atoms with Crippen LogP contribution in [0.3, 0.4) is 0 Å². The van der Waals surface area contributed by atoms with Crippen LogP contribution in [0.25, 0.3) is 0 Å². The van der Waals surface area contributed by atoms with Gasteiger partial charge in [-0.2, -0.15) is 9.90 Å². The first-order valence-corrected chi connectivity index (χ1v) is 5.69. The first-order chi connectivity index (χ1) is 6.45. The molecule has 0 fully saturated rings. The molecule has 1 atom stereocenters. The molecule has 0 aromatic heterocycles. The van der Waals surface area contributed by atoms with E-state index in [1.807, 2.05) is 0 Å². The van der Waals surface area contributed by atoms with Crippen LogP contribution < -0.4 is 8.07 Å². The van der Waals surface area contributed by atoms with Gasteiger partial charge in [-0.25, -0.2) is 0 Å². The molecular formula is C12H13PPd. The van der Waals surface area contributed by atoms with Gasteiger partial charge in [-0.1, -0.05) is 0 Å². The summed E-state index contributed by atoms with van der Waals surface area (Å²) in [5, 5.41) is 0. The second-order valence-corrected chi connectivity index (χ2v) is 4.78. The molecule has 14 heavy (non-hydrogen) atoms. The third kappa shape index (κ3) is 3.35. The average molecular weight is 295 g/mol. The zero-order chi connectivity index (χ0) is 8.93. The number of hydrogen-bond acceptors (Lipinski definition) is 0. The van der Waals surface area contributed by atoms with Crippen LogP contribution in [0.2, 0.25) is 0 Å². The van der Waals surface area contributed by atoms with Crippen LogP contribution in [0.15, 0.2) is 60.7 Å². The second kappa shape index (κ2) is 6.10. The monoisotopic (exact) mass is 294 g/mol. The second-order valence-electron chi connectivity index (χ2n) is 2.60. The Morgan fingerprint density at radius 2 is 0.929 bits per heavy atom. The summed E-state index contributed by atoms with van der Waals surface area (Å²) in [6, 6.07) is 21.2. The Labute approximate surface area is 96.5 Å². The van der Waals surface area contributed by atoms with Crippen molar-refractivity contribution in [2.24, 2.45) is 0 Å². The SMILES string of the molecule is P.c1cc[c]([Pd][c]2ccccc2)cc1. The minimum atomic E-state index is 0. The van der Waals surface area contributed by atoms with Crippen LogP contribution in [0, 0.1) is 0 Å². The molecule has 0 saturated carbocycles. The van der Waals surface area contributed by atoms with Crippen molar-refractivity contribution < 1.29 is 18.0 Å². The van der Waals surface area contributed by atoms with E-state index in [-0.39, 0.29) is 9.90 Å². The minimum absolute atomic E-state index is 0. The van der Waals surface area contributed by atoms with Crippen LogP contribution in [0.5, 0.6) is 0 Å². The van der Waals surface area contributed by atoms with Gasteiger partial charge in [0.25, 0.3) is 0 Å². The first kappa shape index (κ1) is 11.6. The third-order valence-electron chi connectivity index (χ3n) is 1.61. The average Bonchev–Trinajstić information content (AvgIpc) is 2.21. The zero-order valence-corrected chi connectivity index (χ0v) is 10.8. The molecule has 0 aliphatic carbocycles. The summed E-state index contributed by atoms with van der Waals surface area (Å²) in [6.07, 6.45) is 0. The van der Waals surface area contributed by atoms with Crippen LogP contribution in [-0.2, 0) is 18.0 Å². The Bertz CT molecular complexity index is 321. The summed E-state index contributed by atoms with van der Waals surface area (Å²) in [5.41, 5.74) is 0. The van der Waals surface area contributed by atoms with E-state index in [1.54, 1.807) is 0 Å². The summed E-state index contributed by atoms with van der Waals surface area (Å²) >= 11 is 0.575. The maximum atomic E-state index is 2.18. The van der Waals surface area contributed by atoms with Crippen molar-refractivity contribution in [2.45, 2.75) is 0 Å². The molecule has 0 nitrogen and oxygen atoms in total. The topological polar surface area (TPSA) is 0 Å². The van der Waals surface area contributed by atoms with Crippen LogP contribution in [-0.4, -0.2) is 0 Å². The molecule has 0 N–H and O–H groups in total. The molecule has 0 saturated heterocycles. The summed E-state index contributed by atoms with van der Waals surface area (Å²) in [4.78, 5) is 0. The van der Waals surface area contributed by atoms with Gasteiger partial charge in [-0.15, -0.1) is 0 Å². The third-order valence-corrected chi connectivity index (χ3v) is 3.54. The molecule has 2 heteroatoms. The normalized spacial score (nSPS) is 9.43. The summed E-state index contributed by atoms with van der Waals surface area (Å²) < 4.78 is 2.84. The summed E-state index contributed by atoms with van der Waals surface area (Å²) in [6.45, 7) is 0. The maximum absolute atomic E-state index is 2.18. The molecule has 76 valence electrons. The molecule has 2 rings (SSSR count). The van der Waals surface area contributed by atoms with E-state index < -0.39 is 0 Å². The van der Waals surface area contributed by atoms with Crippen molar-refractivity contribution in [3.05, 3.63) is 60.7 Å². The van der Waals surface area contributed by atoms with Crippen molar-refractivity contribution in [2.75, 3.05) is 0 Å². The number of rotatable bonds is 2. The standard InChI is InChI=1S/2C6H5.H3P.Pd/c2*1-2-4-6-5-3-1;;/h2*1-5H;1H3;. The molecule has 0 spiro atoms. The first-order valence-electron chi connectivity index (χ1n) is 4.14. The zero-order valence-electron chi connectivity index (χ0n) is 7.80. The van der Waals surface area contributed by atoms with Gasteiger partial charge in [-0.3, -0.25) is 0 Å². The molecule has 0 amide bonds. The quantitative estimate of drug-likeness (QED) is 0.585. The van der Waals surface area contributed by atoms with E-state index in [4.69, 9.17) is 0 Å². The van der Waals surface area contributed by atoms with Crippen LogP contribution >= 0.6 is 9.90 Å². The van der Waals surface area contributed by atoms with E-state index in [2.05, 4.69) is 60.7 Å². The van der Waals surface area contributed by atoms with Crippen molar-refractivity contribution in [3.8, 4) is 0 Å². The van der Waals surface area contributed by atoms with Crippen molar-refractivity contribution in [1.82, 2.24) is 0 Å². The molecule has 0 aliphatic heterocycles. The van der Waals surface area contributed by atoms with Gasteiger partial charge < -0.3 is 0 Å². The molecular weight excluding hydrogens is 282 g/mol. The van der Waals surface area contributed by atoms with Gasteiger partial charge in [0.2, 0.25) is 0 Å². The van der Waals surface area contributed by atoms with Crippen molar-refractivity contribution >= 4 is 18.0 Å². The van der Waals surface area contributed by atoms with Gasteiger partial charge in [0.1, 0.15) is 0 Å². The summed E-state index contributed by atoms with van der Waals surface area (Å²) in [7, 11) is 0. The Hall–Kier alpha value is -0.468. The Morgan fingerprint density at radius 1 is 0.571 bits per heavy atom. The molecule has 1 unspecified atom stereocenters. The van der Waals surface area contributed by atoms with Gasteiger partial charge >= 0.3 is 86.7 Å².